The van der Waals surface area contributed by atoms with Crippen LogP contribution in [0.2, 0.25) is 0 Å². The van der Waals surface area contributed by atoms with E-state index in [1.807, 2.05) is 13.0 Å². The van der Waals surface area contributed by atoms with Crippen LogP contribution in [0.3, 0.4) is 0 Å². The van der Waals surface area contributed by atoms with Gasteiger partial charge in [-0.05, 0) is 42.8 Å². The molecule has 0 saturated carbocycles. The monoisotopic (exact) mass is 534 g/mol. The molecule has 9 heteroatoms. The summed E-state index contributed by atoms with van der Waals surface area (Å²) in [5, 5.41) is 8.86. The summed E-state index contributed by atoms with van der Waals surface area (Å²) in [7, 11) is 3.07. The molecule has 0 atom stereocenters. The van der Waals surface area contributed by atoms with Gasteiger partial charge < -0.3 is 25.4 Å². The van der Waals surface area contributed by atoms with E-state index in [1.54, 1.807) is 43.6 Å². The summed E-state index contributed by atoms with van der Waals surface area (Å²) in [6.07, 6.45) is 1.64. The number of ether oxygens (including phenoxy) is 2. The van der Waals surface area contributed by atoms with E-state index >= 15 is 0 Å². The molecule has 3 aromatic rings. The molecule has 1 heterocycles. The molecule has 162 valence electrons. The summed E-state index contributed by atoms with van der Waals surface area (Å²) >= 11 is 2.24. The fourth-order valence-corrected chi connectivity index (χ4v) is 3.67. The second-order valence-corrected chi connectivity index (χ2v) is 7.26. The van der Waals surface area contributed by atoms with Gasteiger partial charge in [0.1, 0.15) is 17.2 Å². The van der Waals surface area contributed by atoms with E-state index in [1.165, 1.54) is 7.11 Å². The smallest absolute Gasteiger partial charge is 0.319 e. The molecule has 0 fully saturated rings. The lowest BCUT2D eigenvalue weighted by atomic mass is 10.1. The number of hydrogen-bond donors (Lipinski definition) is 3. The van der Waals surface area contributed by atoms with E-state index < -0.39 is 0 Å². The molecule has 0 saturated heterocycles. The maximum atomic E-state index is 12.3. The Morgan fingerprint density at radius 2 is 1.94 bits per heavy atom. The summed E-state index contributed by atoms with van der Waals surface area (Å²) in [4.78, 5) is 28.5. The molecule has 2 aromatic carbocycles. The van der Waals surface area contributed by atoms with Crippen LogP contribution in [0.5, 0.6) is 17.2 Å². The SMILES string of the molecule is CCNC(=O)Nc1ccc(Oc2ccnc3cc(OC)c(C(=O)NC)cc23)cc1CI. The maximum Gasteiger partial charge on any atom is 0.319 e. The topological polar surface area (TPSA) is 102 Å². The average Bonchev–Trinajstić information content (AvgIpc) is 2.79. The number of halogens is 1. The molecule has 3 rings (SSSR count). The maximum absolute atomic E-state index is 12.3. The number of fused-ring (bicyclic) bond motifs is 1. The zero-order valence-electron chi connectivity index (χ0n) is 17.4. The van der Waals surface area contributed by atoms with Gasteiger partial charge in [0, 0.05) is 41.4 Å². The van der Waals surface area contributed by atoms with Crippen molar-refractivity contribution in [3.8, 4) is 17.2 Å². The number of nitrogens with one attached hydrogen (secondary N) is 3. The Bertz CT molecular complexity index is 1120. The lowest BCUT2D eigenvalue weighted by Crippen LogP contribution is -2.28. The number of amides is 3. The molecule has 0 unspecified atom stereocenters. The number of benzene rings is 2. The standard InChI is InChI=1S/C22H23IN4O4/c1-4-25-22(29)27-17-6-5-14(9-13(17)12-23)31-19-7-8-26-18-11-20(30-3)16(10-15(18)19)21(28)24-2/h5-11H,4,12H2,1-3H3,(H,24,28)(H2,25,27,29). The number of alkyl halides is 1. The van der Waals surface area contributed by atoms with Gasteiger partial charge in [-0.2, -0.15) is 0 Å². The van der Waals surface area contributed by atoms with E-state index in [0.29, 0.717) is 44.7 Å². The number of rotatable bonds is 7. The lowest BCUT2D eigenvalue weighted by Gasteiger charge is -2.14. The molecule has 0 bridgehead atoms. The highest BCUT2D eigenvalue weighted by Crippen LogP contribution is 2.34. The molecule has 3 N–H and O–H groups in total. The van der Waals surface area contributed by atoms with Crippen molar-refractivity contribution in [2.24, 2.45) is 0 Å². The minimum atomic E-state index is -0.262. The van der Waals surface area contributed by atoms with Crippen LogP contribution < -0.4 is 25.4 Å². The molecule has 0 aliphatic carbocycles. The average molecular weight is 534 g/mol. The van der Waals surface area contributed by atoms with Gasteiger partial charge in [-0.25, -0.2) is 4.79 Å². The first-order valence-corrected chi connectivity index (χ1v) is 11.1. The van der Waals surface area contributed by atoms with E-state index in [2.05, 4.69) is 43.5 Å². The van der Waals surface area contributed by atoms with Crippen molar-refractivity contribution in [2.45, 2.75) is 11.4 Å². The quantitative estimate of drug-likeness (QED) is 0.307. The van der Waals surface area contributed by atoms with Crippen molar-refractivity contribution in [2.75, 3.05) is 26.0 Å². The van der Waals surface area contributed by atoms with Crippen LogP contribution in [0.15, 0.2) is 42.6 Å². The Kier molecular flexibility index (Phi) is 7.50. The highest BCUT2D eigenvalue weighted by atomic mass is 127. The van der Waals surface area contributed by atoms with Gasteiger partial charge in [0.15, 0.2) is 0 Å². The van der Waals surface area contributed by atoms with Crippen LogP contribution in [0.25, 0.3) is 10.9 Å². The summed E-state index contributed by atoms with van der Waals surface area (Å²) in [5.41, 5.74) is 2.68. The highest BCUT2D eigenvalue weighted by molar-refractivity contribution is 14.1. The number of carbonyl (C=O) groups excluding carboxylic acids is 2. The lowest BCUT2D eigenvalue weighted by molar-refractivity contribution is 0.0960. The van der Waals surface area contributed by atoms with Crippen molar-refractivity contribution in [1.82, 2.24) is 15.6 Å². The van der Waals surface area contributed by atoms with Gasteiger partial charge in [-0.1, -0.05) is 22.6 Å². The van der Waals surface area contributed by atoms with Crippen LogP contribution in [0.4, 0.5) is 10.5 Å². The predicted octanol–water partition coefficient (Wildman–Crippen LogP) is 4.47. The van der Waals surface area contributed by atoms with Crippen LogP contribution in [-0.2, 0) is 4.43 Å². The fourth-order valence-electron chi connectivity index (χ4n) is 3.04. The van der Waals surface area contributed by atoms with Crippen LogP contribution in [0.1, 0.15) is 22.8 Å². The van der Waals surface area contributed by atoms with E-state index in [0.717, 1.165) is 11.3 Å². The first kappa shape index (κ1) is 22.6. The third kappa shape index (κ3) is 5.16. The van der Waals surface area contributed by atoms with Gasteiger partial charge in [-0.15, -0.1) is 0 Å². The number of urea groups is 1. The van der Waals surface area contributed by atoms with Gasteiger partial charge in [0.25, 0.3) is 5.91 Å². The minimum Gasteiger partial charge on any atom is -0.496 e. The normalized spacial score (nSPS) is 10.5. The van der Waals surface area contributed by atoms with Crippen molar-refractivity contribution >= 4 is 51.1 Å². The summed E-state index contributed by atoms with van der Waals surface area (Å²) in [6, 6.07) is 10.4. The Balaban J connectivity index is 1.97. The number of nitrogens with zero attached hydrogens (tertiary/aromatic N) is 1. The third-order valence-electron chi connectivity index (χ3n) is 4.53. The second-order valence-electron chi connectivity index (χ2n) is 6.50. The molecule has 0 radical (unpaired) electrons. The van der Waals surface area contributed by atoms with Gasteiger partial charge in [-0.3, -0.25) is 9.78 Å². The molecule has 31 heavy (non-hydrogen) atoms. The molecule has 1 aromatic heterocycles. The molecule has 0 aliphatic heterocycles. The van der Waals surface area contributed by atoms with Gasteiger partial charge in [0.05, 0.1) is 18.2 Å². The fraction of sp³-hybridized carbons (Fsp3) is 0.227. The number of carbonyl (C=O) groups is 2. The summed E-state index contributed by atoms with van der Waals surface area (Å²) in [6.45, 7) is 2.41. The van der Waals surface area contributed by atoms with Crippen molar-refractivity contribution < 1.29 is 19.1 Å². The van der Waals surface area contributed by atoms with Crippen LogP contribution in [-0.4, -0.2) is 37.6 Å². The number of anilines is 1. The van der Waals surface area contributed by atoms with E-state index in [4.69, 9.17) is 9.47 Å². The Labute approximate surface area is 193 Å². The summed E-state index contributed by atoms with van der Waals surface area (Å²) in [5.74, 6) is 1.34. The minimum absolute atomic E-state index is 0.252. The number of pyridine rings is 1. The third-order valence-corrected chi connectivity index (χ3v) is 5.35. The molecule has 3 amide bonds. The largest absolute Gasteiger partial charge is 0.496 e. The molecule has 0 spiro atoms. The zero-order valence-corrected chi connectivity index (χ0v) is 19.6. The number of hydrogen-bond acceptors (Lipinski definition) is 5. The molecular weight excluding hydrogens is 511 g/mol. The Hall–Kier alpha value is -3.08. The number of methoxy groups -OCH3 is 1. The van der Waals surface area contributed by atoms with E-state index in [9.17, 15) is 9.59 Å². The first-order valence-electron chi connectivity index (χ1n) is 9.61. The van der Waals surface area contributed by atoms with Crippen LogP contribution in [0, 0.1) is 0 Å². The zero-order chi connectivity index (χ0) is 22.4. The highest BCUT2D eigenvalue weighted by Gasteiger charge is 2.16. The molecule has 0 aliphatic rings. The van der Waals surface area contributed by atoms with Gasteiger partial charge >= 0.3 is 6.03 Å². The Morgan fingerprint density at radius 1 is 1.13 bits per heavy atom. The molecular formula is C22H23IN4O4. The number of aromatic nitrogens is 1. The molecule has 8 nitrogen and oxygen atoms in total. The predicted molar refractivity (Wildman–Crippen MR) is 129 cm³/mol. The van der Waals surface area contributed by atoms with Gasteiger partial charge in [0.2, 0.25) is 0 Å². The Morgan fingerprint density at radius 3 is 2.61 bits per heavy atom. The van der Waals surface area contributed by atoms with Crippen LogP contribution >= 0.6 is 22.6 Å². The first-order chi connectivity index (χ1) is 15.0. The van der Waals surface area contributed by atoms with E-state index in [-0.39, 0.29) is 11.9 Å². The summed E-state index contributed by atoms with van der Waals surface area (Å²) < 4.78 is 12.2. The van der Waals surface area contributed by atoms with Crippen molar-refractivity contribution in [1.29, 1.82) is 0 Å². The second kappa shape index (κ2) is 10.3. The van der Waals surface area contributed by atoms with Crippen molar-refractivity contribution in [3.63, 3.8) is 0 Å². The van der Waals surface area contributed by atoms with Crippen molar-refractivity contribution in [3.05, 3.63) is 53.7 Å².